The minimum absolute atomic E-state index is 0.0297. The Morgan fingerprint density at radius 1 is 1.12 bits per heavy atom. The molecule has 2 aromatic rings. The molecule has 0 aromatic heterocycles. The molecule has 6 nitrogen and oxygen atoms in total. The molecule has 0 fully saturated rings. The summed E-state index contributed by atoms with van der Waals surface area (Å²) >= 11 is 6.03. The Morgan fingerprint density at radius 2 is 1.76 bits per heavy atom. The van der Waals surface area contributed by atoms with E-state index in [9.17, 15) is 13.2 Å². The lowest BCUT2D eigenvalue weighted by molar-refractivity contribution is 0.0943. The predicted octanol–water partition coefficient (Wildman–Crippen LogP) is 3.29. The van der Waals surface area contributed by atoms with Crippen LogP contribution in [0.4, 0.5) is 5.69 Å². The topological polar surface area (TPSA) is 84.5 Å². The summed E-state index contributed by atoms with van der Waals surface area (Å²) in [7, 11) is -2.43. The van der Waals surface area contributed by atoms with Gasteiger partial charge in [0, 0.05) is 17.3 Å². The van der Waals surface area contributed by atoms with E-state index in [-0.39, 0.29) is 27.4 Å². The van der Waals surface area contributed by atoms with E-state index in [0.717, 1.165) is 0 Å². The van der Waals surface area contributed by atoms with E-state index in [1.165, 1.54) is 25.3 Å². The molecule has 0 heterocycles. The lowest BCUT2D eigenvalue weighted by atomic mass is 10.2. The van der Waals surface area contributed by atoms with E-state index in [0.29, 0.717) is 11.4 Å². The average Bonchev–Trinajstić information content (AvgIpc) is 2.54. The van der Waals surface area contributed by atoms with Crippen molar-refractivity contribution >= 4 is 33.2 Å². The number of carbonyl (C=O) groups excluding carboxylic acids is 1. The van der Waals surface area contributed by atoms with Crippen LogP contribution in [0.2, 0.25) is 5.02 Å². The second kappa shape index (κ2) is 7.76. The van der Waals surface area contributed by atoms with Crippen molar-refractivity contribution in [3.05, 3.63) is 53.1 Å². The molecule has 0 atom stereocenters. The molecule has 25 heavy (non-hydrogen) atoms. The van der Waals surface area contributed by atoms with Gasteiger partial charge in [-0.15, -0.1) is 0 Å². The van der Waals surface area contributed by atoms with Crippen molar-refractivity contribution in [1.29, 1.82) is 0 Å². The Kier molecular flexibility index (Phi) is 5.92. The van der Waals surface area contributed by atoms with Gasteiger partial charge >= 0.3 is 0 Å². The zero-order valence-electron chi connectivity index (χ0n) is 14.0. The number of sulfonamides is 1. The van der Waals surface area contributed by atoms with Crippen LogP contribution in [0.1, 0.15) is 24.2 Å². The smallest absolute Gasteiger partial charge is 0.263 e. The summed E-state index contributed by atoms with van der Waals surface area (Å²) in [5.41, 5.74) is 0.571. The Balaban J connectivity index is 2.32. The molecule has 0 aliphatic heterocycles. The van der Waals surface area contributed by atoms with Gasteiger partial charge in [0.05, 0.1) is 12.1 Å². The van der Waals surface area contributed by atoms with Gasteiger partial charge in [0.15, 0.2) is 0 Å². The molecule has 0 aliphatic rings. The summed E-state index contributed by atoms with van der Waals surface area (Å²) in [6, 6.07) is 10.5. The number of hydrogen-bond donors (Lipinski definition) is 2. The predicted molar refractivity (Wildman–Crippen MR) is 97.9 cm³/mol. The molecule has 8 heteroatoms. The normalized spacial score (nSPS) is 11.2. The van der Waals surface area contributed by atoms with Crippen molar-refractivity contribution in [2.75, 3.05) is 11.8 Å². The maximum Gasteiger partial charge on any atom is 0.263 e. The Labute approximate surface area is 152 Å². The zero-order chi connectivity index (χ0) is 18.6. The fraction of sp³-hybridized carbons (Fsp3) is 0.235. The molecule has 0 bridgehead atoms. The van der Waals surface area contributed by atoms with Crippen LogP contribution in [0.25, 0.3) is 0 Å². The van der Waals surface area contributed by atoms with Gasteiger partial charge in [-0.25, -0.2) is 8.42 Å². The molecule has 2 aromatic carbocycles. The maximum absolute atomic E-state index is 12.6. The van der Waals surface area contributed by atoms with Gasteiger partial charge in [-0.05, 0) is 56.3 Å². The highest BCUT2D eigenvalue weighted by molar-refractivity contribution is 7.92. The summed E-state index contributed by atoms with van der Waals surface area (Å²) in [6.07, 6.45) is 0. The van der Waals surface area contributed by atoms with E-state index >= 15 is 0 Å². The first-order chi connectivity index (χ1) is 11.7. The van der Waals surface area contributed by atoms with Gasteiger partial charge in [0.25, 0.3) is 15.9 Å². The molecule has 0 aliphatic carbocycles. The first-order valence-corrected chi connectivity index (χ1v) is 9.36. The van der Waals surface area contributed by atoms with E-state index in [1.807, 2.05) is 13.8 Å². The average molecular weight is 383 g/mol. The quantitative estimate of drug-likeness (QED) is 0.802. The number of carbonyl (C=O) groups is 1. The van der Waals surface area contributed by atoms with Gasteiger partial charge < -0.3 is 10.1 Å². The minimum Gasteiger partial charge on any atom is -0.497 e. The molecule has 0 spiro atoms. The fourth-order valence-corrected chi connectivity index (χ4v) is 3.65. The molecule has 0 saturated heterocycles. The van der Waals surface area contributed by atoms with Crippen molar-refractivity contribution in [2.24, 2.45) is 0 Å². The molecular formula is C17H19ClN2O4S. The van der Waals surface area contributed by atoms with Gasteiger partial charge in [-0.2, -0.15) is 0 Å². The SMILES string of the molecule is COc1ccc(NS(=O)(=O)c2cc(C(=O)NC(C)C)ccc2Cl)cc1. The number of amides is 1. The van der Waals surface area contributed by atoms with Crippen molar-refractivity contribution in [3.8, 4) is 5.75 Å². The van der Waals surface area contributed by atoms with Crippen LogP contribution < -0.4 is 14.8 Å². The van der Waals surface area contributed by atoms with Gasteiger partial charge in [0.2, 0.25) is 0 Å². The van der Waals surface area contributed by atoms with Crippen molar-refractivity contribution in [3.63, 3.8) is 0 Å². The van der Waals surface area contributed by atoms with Crippen LogP contribution >= 0.6 is 11.6 Å². The van der Waals surface area contributed by atoms with Crippen LogP contribution in [0, 0.1) is 0 Å². The Hall–Kier alpha value is -2.25. The van der Waals surface area contributed by atoms with Crippen LogP contribution in [-0.2, 0) is 10.0 Å². The third-order valence-corrected chi connectivity index (χ3v) is 5.11. The number of hydrogen-bond acceptors (Lipinski definition) is 4. The molecule has 2 N–H and O–H groups in total. The van der Waals surface area contributed by atoms with E-state index in [2.05, 4.69) is 10.0 Å². The van der Waals surface area contributed by atoms with Crippen LogP contribution in [0.3, 0.4) is 0 Å². The Morgan fingerprint density at radius 3 is 2.32 bits per heavy atom. The van der Waals surface area contributed by atoms with E-state index in [4.69, 9.17) is 16.3 Å². The lowest BCUT2D eigenvalue weighted by Crippen LogP contribution is -2.30. The summed E-state index contributed by atoms with van der Waals surface area (Å²) in [5, 5.41) is 2.74. The lowest BCUT2D eigenvalue weighted by Gasteiger charge is -2.12. The maximum atomic E-state index is 12.6. The summed E-state index contributed by atoms with van der Waals surface area (Å²) in [4.78, 5) is 11.9. The fourth-order valence-electron chi connectivity index (χ4n) is 2.07. The molecule has 0 radical (unpaired) electrons. The van der Waals surface area contributed by atoms with Crippen LogP contribution in [0.5, 0.6) is 5.75 Å². The largest absolute Gasteiger partial charge is 0.497 e. The van der Waals surface area contributed by atoms with Crippen LogP contribution in [-0.4, -0.2) is 27.5 Å². The highest BCUT2D eigenvalue weighted by atomic mass is 35.5. The third-order valence-electron chi connectivity index (χ3n) is 3.24. The summed E-state index contributed by atoms with van der Waals surface area (Å²) < 4.78 is 32.7. The zero-order valence-corrected chi connectivity index (χ0v) is 15.6. The first kappa shape index (κ1) is 19.1. The molecule has 0 saturated carbocycles. The molecular weight excluding hydrogens is 364 g/mol. The highest BCUT2D eigenvalue weighted by Gasteiger charge is 2.20. The van der Waals surface area contributed by atoms with Crippen molar-refractivity contribution in [1.82, 2.24) is 5.32 Å². The number of methoxy groups -OCH3 is 1. The number of rotatable bonds is 6. The molecule has 0 unspecified atom stereocenters. The van der Waals surface area contributed by atoms with Gasteiger partial charge in [-0.1, -0.05) is 11.6 Å². The first-order valence-electron chi connectivity index (χ1n) is 7.50. The second-order valence-electron chi connectivity index (χ2n) is 5.61. The number of halogens is 1. The van der Waals surface area contributed by atoms with Crippen molar-refractivity contribution in [2.45, 2.75) is 24.8 Å². The second-order valence-corrected chi connectivity index (χ2v) is 7.67. The number of benzene rings is 2. The number of anilines is 1. The van der Waals surface area contributed by atoms with E-state index < -0.39 is 10.0 Å². The number of nitrogens with one attached hydrogen (secondary N) is 2. The molecule has 134 valence electrons. The summed E-state index contributed by atoms with van der Waals surface area (Å²) in [6.45, 7) is 3.63. The van der Waals surface area contributed by atoms with Crippen molar-refractivity contribution < 1.29 is 17.9 Å². The monoisotopic (exact) mass is 382 g/mol. The molecule has 1 amide bonds. The van der Waals surface area contributed by atoms with Gasteiger partial charge in [0.1, 0.15) is 10.6 Å². The molecule has 2 rings (SSSR count). The minimum atomic E-state index is -3.95. The Bertz CT molecular complexity index is 865. The van der Waals surface area contributed by atoms with E-state index in [1.54, 1.807) is 24.3 Å². The van der Waals surface area contributed by atoms with Gasteiger partial charge in [-0.3, -0.25) is 9.52 Å². The number of ether oxygens (including phenoxy) is 1. The standard InChI is InChI=1S/C17H19ClN2O4S/c1-11(2)19-17(21)12-4-9-15(18)16(10-12)25(22,23)20-13-5-7-14(24-3)8-6-13/h4-11,20H,1-3H3,(H,19,21). The van der Waals surface area contributed by atoms with Crippen LogP contribution in [0.15, 0.2) is 47.4 Å². The third kappa shape index (κ3) is 4.87. The summed E-state index contributed by atoms with van der Waals surface area (Å²) in [5.74, 6) is 0.237. The highest BCUT2D eigenvalue weighted by Crippen LogP contribution is 2.26.